The van der Waals surface area contributed by atoms with Gasteiger partial charge in [0.15, 0.2) is 0 Å². The maximum absolute atomic E-state index is 9.76. The zero-order valence-corrected chi connectivity index (χ0v) is 8.40. The molecule has 0 bridgehead atoms. The maximum atomic E-state index is 9.76. The Labute approximate surface area is 84.1 Å². The van der Waals surface area contributed by atoms with Gasteiger partial charge in [-0.2, -0.15) is 0 Å². The van der Waals surface area contributed by atoms with Gasteiger partial charge in [0, 0.05) is 36.8 Å². The van der Waals surface area contributed by atoms with Gasteiger partial charge in [-0.1, -0.05) is 6.07 Å². The lowest BCUT2D eigenvalue weighted by Gasteiger charge is -2.16. The summed E-state index contributed by atoms with van der Waals surface area (Å²) in [6, 6.07) is 5.67. The van der Waals surface area contributed by atoms with E-state index < -0.39 is 0 Å². The third kappa shape index (κ3) is 1.24. The summed E-state index contributed by atoms with van der Waals surface area (Å²) in [6.07, 6.45) is 0. The van der Waals surface area contributed by atoms with Crippen LogP contribution in [0.1, 0.15) is 18.4 Å². The summed E-state index contributed by atoms with van der Waals surface area (Å²) in [5.41, 5.74) is 7.86. The SMILES string of the molecule is CCN1CC(CN)c2c(O)cccc21. The molecule has 3 nitrogen and oxygen atoms in total. The normalized spacial score (nSPS) is 19.9. The lowest BCUT2D eigenvalue weighted by molar-refractivity contribution is 0.465. The number of phenolic OH excluding ortho intramolecular Hbond substituents is 1. The van der Waals surface area contributed by atoms with E-state index in [1.54, 1.807) is 6.07 Å². The van der Waals surface area contributed by atoms with Gasteiger partial charge in [-0.3, -0.25) is 0 Å². The van der Waals surface area contributed by atoms with Crippen LogP contribution in [0.3, 0.4) is 0 Å². The molecule has 1 aliphatic heterocycles. The quantitative estimate of drug-likeness (QED) is 0.742. The number of phenols is 1. The zero-order valence-electron chi connectivity index (χ0n) is 8.40. The topological polar surface area (TPSA) is 49.5 Å². The summed E-state index contributed by atoms with van der Waals surface area (Å²) in [4.78, 5) is 2.26. The smallest absolute Gasteiger partial charge is 0.121 e. The van der Waals surface area contributed by atoms with Crippen LogP contribution in [0.2, 0.25) is 0 Å². The number of benzene rings is 1. The Morgan fingerprint density at radius 3 is 3.00 bits per heavy atom. The van der Waals surface area contributed by atoms with Crippen LogP contribution in [-0.2, 0) is 0 Å². The van der Waals surface area contributed by atoms with Crippen LogP contribution >= 0.6 is 0 Å². The lowest BCUT2D eigenvalue weighted by Crippen LogP contribution is -2.23. The molecule has 2 rings (SSSR count). The van der Waals surface area contributed by atoms with Gasteiger partial charge in [-0.15, -0.1) is 0 Å². The highest BCUT2D eigenvalue weighted by molar-refractivity contribution is 5.65. The molecule has 1 atom stereocenters. The van der Waals surface area contributed by atoms with Crippen molar-refractivity contribution in [3.63, 3.8) is 0 Å². The summed E-state index contributed by atoms with van der Waals surface area (Å²) >= 11 is 0. The molecule has 0 spiro atoms. The molecule has 1 heterocycles. The molecular weight excluding hydrogens is 176 g/mol. The minimum absolute atomic E-state index is 0.283. The first-order valence-corrected chi connectivity index (χ1v) is 5.04. The molecule has 0 saturated heterocycles. The summed E-state index contributed by atoms with van der Waals surface area (Å²) in [5, 5.41) is 9.76. The van der Waals surface area contributed by atoms with Gasteiger partial charge in [0.05, 0.1) is 0 Å². The van der Waals surface area contributed by atoms with E-state index in [0.29, 0.717) is 12.3 Å². The number of nitrogens with two attached hydrogens (primary N) is 1. The van der Waals surface area contributed by atoms with Crippen molar-refractivity contribution in [2.24, 2.45) is 5.73 Å². The number of fused-ring (bicyclic) bond motifs is 1. The van der Waals surface area contributed by atoms with Gasteiger partial charge in [-0.25, -0.2) is 0 Å². The van der Waals surface area contributed by atoms with E-state index >= 15 is 0 Å². The molecule has 0 aliphatic carbocycles. The van der Waals surface area contributed by atoms with Crippen molar-refractivity contribution in [2.45, 2.75) is 12.8 Å². The van der Waals surface area contributed by atoms with Crippen LogP contribution in [0, 0.1) is 0 Å². The highest BCUT2D eigenvalue weighted by atomic mass is 16.3. The number of aromatic hydroxyl groups is 1. The molecule has 0 amide bonds. The third-order valence-corrected chi connectivity index (χ3v) is 2.92. The van der Waals surface area contributed by atoms with Gasteiger partial charge >= 0.3 is 0 Å². The van der Waals surface area contributed by atoms with E-state index in [4.69, 9.17) is 5.73 Å². The predicted molar refractivity (Wildman–Crippen MR) is 57.8 cm³/mol. The second-order valence-electron chi connectivity index (χ2n) is 3.68. The average Bonchev–Trinajstić information content (AvgIpc) is 2.57. The second kappa shape index (κ2) is 3.50. The molecule has 76 valence electrons. The van der Waals surface area contributed by atoms with Crippen LogP contribution in [0.4, 0.5) is 5.69 Å². The van der Waals surface area contributed by atoms with Crippen LogP contribution in [-0.4, -0.2) is 24.7 Å². The number of hydrogen-bond donors (Lipinski definition) is 2. The molecule has 0 saturated carbocycles. The highest BCUT2D eigenvalue weighted by Gasteiger charge is 2.28. The molecule has 0 radical (unpaired) electrons. The van der Waals surface area contributed by atoms with Crippen molar-refractivity contribution in [3.8, 4) is 5.75 Å². The number of nitrogens with zero attached hydrogens (tertiary/aromatic N) is 1. The molecule has 1 aromatic carbocycles. The molecule has 3 N–H and O–H groups in total. The number of rotatable bonds is 2. The van der Waals surface area contributed by atoms with Crippen LogP contribution in [0.5, 0.6) is 5.75 Å². The van der Waals surface area contributed by atoms with Crippen LogP contribution in [0.25, 0.3) is 0 Å². The molecule has 1 unspecified atom stereocenters. The second-order valence-corrected chi connectivity index (χ2v) is 3.68. The number of likely N-dealkylation sites (N-methyl/N-ethyl adjacent to an activating group) is 1. The fourth-order valence-electron chi connectivity index (χ4n) is 2.18. The highest BCUT2D eigenvalue weighted by Crippen LogP contribution is 2.40. The fourth-order valence-corrected chi connectivity index (χ4v) is 2.18. The van der Waals surface area contributed by atoms with Gasteiger partial charge in [0.25, 0.3) is 0 Å². The Kier molecular flexibility index (Phi) is 2.33. The Bertz CT molecular complexity index is 338. The number of hydrogen-bond acceptors (Lipinski definition) is 3. The van der Waals surface area contributed by atoms with E-state index in [1.165, 1.54) is 0 Å². The summed E-state index contributed by atoms with van der Waals surface area (Å²) < 4.78 is 0. The van der Waals surface area contributed by atoms with Crippen molar-refractivity contribution in [1.82, 2.24) is 0 Å². The van der Waals surface area contributed by atoms with E-state index in [1.807, 2.05) is 12.1 Å². The average molecular weight is 192 g/mol. The molecule has 14 heavy (non-hydrogen) atoms. The van der Waals surface area contributed by atoms with Crippen molar-refractivity contribution in [1.29, 1.82) is 0 Å². The fraction of sp³-hybridized carbons (Fsp3) is 0.455. The Balaban J connectivity index is 2.47. The minimum atomic E-state index is 0.283. The monoisotopic (exact) mass is 192 g/mol. The van der Waals surface area contributed by atoms with Gasteiger partial charge in [-0.05, 0) is 19.1 Å². The number of anilines is 1. The lowest BCUT2D eigenvalue weighted by atomic mass is 10.0. The van der Waals surface area contributed by atoms with Crippen molar-refractivity contribution in [2.75, 3.05) is 24.5 Å². The maximum Gasteiger partial charge on any atom is 0.121 e. The van der Waals surface area contributed by atoms with E-state index in [0.717, 1.165) is 24.3 Å². The van der Waals surface area contributed by atoms with Crippen LogP contribution in [0.15, 0.2) is 18.2 Å². The molecule has 0 aromatic heterocycles. The third-order valence-electron chi connectivity index (χ3n) is 2.92. The zero-order chi connectivity index (χ0) is 10.1. The molecule has 1 aromatic rings. The first-order valence-electron chi connectivity index (χ1n) is 5.04. The van der Waals surface area contributed by atoms with Crippen molar-refractivity contribution < 1.29 is 5.11 Å². The van der Waals surface area contributed by atoms with Gasteiger partial charge < -0.3 is 15.7 Å². The predicted octanol–water partition coefficient (Wildman–Crippen LogP) is 1.27. The summed E-state index contributed by atoms with van der Waals surface area (Å²) in [7, 11) is 0. The molecule has 0 fully saturated rings. The summed E-state index contributed by atoms with van der Waals surface area (Å²) in [5.74, 6) is 0.667. The standard InChI is InChI=1S/C11H16N2O/c1-2-13-7-8(6-12)11-9(13)4-3-5-10(11)14/h3-5,8,14H,2,6-7,12H2,1H3. The Morgan fingerprint density at radius 2 is 2.36 bits per heavy atom. The van der Waals surface area contributed by atoms with Crippen molar-refractivity contribution in [3.05, 3.63) is 23.8 Å². The van der Waals surface area contributed by atoms with Gasteiger partial charge in [0.1, 0.15) is 5.75 Å². The van der Waals surface area contributed by atoms with Gasteiger partial charge in [0.2, 0.25) is 0 Å². The molecular formula is C11H16N2O. The van der Waals surface area contributed by atoms with E-state index in [2.05, 4.69) is 11.8 Å². The first-order chi connectivity index (χ1) is 6.77. The Hall–Kier alpha value is -1.22. The summed E-state index contributed by atoms with van der Waals surface area (Å²) in [6.45, 7) is 4.61. The van der Waals surface area contributed by atoms with E-state index in [-0.39, 0.29) is 5.92 Å². The molecule has 3 heteroatoms. The molecule has 1 aliphatic rings. The van der Waals surface area contributed by atoms with Crippen molar-refractivity contribution >= 4 is 5.69 Å². The Morgan fingerprint density at radius 1 is 1.57 bits per heavy atom. The van der Waals surface area contributed by atoms with Crippen LogP contribution < -0.4 is 10.6 Å². The first kappa shape index (κ1) is 9.34. The van der Waals surface area contributed by atoms with E-state index in [9.17, 15) is 5.11 Å². The minimum Gasteiger partial charge on any atom is -0.508 e. The largest absolute Gasteiger partial charge is 0.508 e.